The lowest BCUT2D eigenvalue weighted by atomic mass is 9.94. The summed E-state index contributed by atoms with van der Waals surface area (Å²) in [6.07, 6.45) is 0. The summed E-state index contributed by atoms with van der Waals surface area (Å²) in [4.78, 5) is 23.8. The predicted octanol–water partition coefficient (Wildman–Crippen LogP) is 2.65. The highest BCUT2D eigenvalue weighted by molar-refractivity contribution is 5.94. The Morgan fingerprint density at radius 2 is 1.59 bits per heavy atom. The van der Waals surface area contributed by atoms with Crippen molar-refractivity contribution in [3.63, 3.8) is 0 Å². The molecule has 0 unspecified atom stereocenters. The van der Waals surface area contributed by atoms with Gasteiger partial charge in [-0.05, 0) is 29.3 Å². The van der Waals surface area contributed by atoms with Crippen LogP contribution >= 0.6 is 0 Å². The number of hydrogen-bond donors (Lipinski definition) is 2. The second-order valence-corrected chi connectivity index (χ2v) is 5.43. The van der Waals surface area contributed by atoms with Crippen LogP contribution in [0.5, 0.6) is 0 Å². The molecule has 3 aromatic carbocycles. The van der Waals surface area contributed by atoms with E-state index in [1.54, 1.807) is 30.3 Å². The van der Waals surface area contributed by atoms with Gasteiger partial charge in [0, 0.05) is 10.8 Å². The van der Waals surface area contributed by atoms with Crippen molar-refractivity contribution in [2.24, 2.45) is 0 Å². The van der Waals surface area contributed by atoms with Gasteiger partial charge in [-0.1, -0.05) is 48.5 Å². The standard InChI is InChI=1S/C18H14O4/c1-18(22,17(20)21)13-8-9-15-12(10-13)7-6-11-4-2-3-5-14(11)16(15)19/h2-10,22H,1H3,(H,20,21)/t18-/m1/s1. The normalized spacial score (nSPS) is 13.9. The van der Waals surface area contributed by atoms with Crippen LogP contribution in [0.1, 0.15) is 12.5 Å². The van der Waals surface area contributed by atoms with Crippen LogP contribution in [0.4, 0.5) is 0 Å². The molecule has 0 aromatic heterocycles. The minimum absolute atomic E-state index is 0.114. The molecule has 0 radical (unpaired) electrons. The highest BCUT2D eigenvalue weighted by atomic mass is 16.4. The Balaban J connectivity index is 2.38. The monoisotopic (exact) mass is 294 g/mol. The summed E-state index contributed by atoms with van der Waals surface area (Å²) in [7, 11) is 0. The van der Waals surface area contributed by atoms with Gasteiger partial charge in [0.1, 0.15) is 0 Å². The Labute approximate surface area is 126 Å². The molecule has 0 saturated carbocycles. The molecule has 3 aromatic rings. The lowest BCUT2D eigenvalue weighted by Gasteiger charge is -2.18. The highest BCUT2D eigenvalue weighted by Crippen LogP contribution is 2.24. The van der Waals surface area contributed by atoms with Crippen LogP contribution in [0.25, 0.3) is 21.5 Å². The number of aliphatic hydroxyl groups is 1. The highest BCUT2D eigenvalue weighted by Gasteiger charge is 2.32. The van der Waals surface area contributed by atoms with Gasteiger partial charge >= 0.3 is 5.97 Å². The van der Waals surface area contributed by atoms with E-state index in [4.69, 9.17) is 5.11 Å². The molecule has 0 heterocycles. The Kier molecular flexibility index (Phi) is 3.19. The molecule has 3 rings (SSSR count). The van der Waals surface area contributed by atoms with Crippen molar-refractivity contribution in [2.75, 3.05) is 0 Å². The molecule has 4 heteroatoms. The third-order valence-corrected chi connectivity index (χ3v) is 3.92. The number of carbonyl (C=O) groups is 1. The van der Waals surface area contributed by atoms with Crippen molar-refractivity contribution < 1.29 is 15.0 Å². The first kappa shape index (κ1) is 14.2. The molecule has 22 heavy (non-hydrogen) atoms. The third-order valence-electron chi connectivity index (χ3n) is 3.92. The van der Waals surface area contributed by atoms with Crippen LogP contribution in [-0.2, 0) is 10.4 Å². The molecule has 0 aliphatic heterocycles. The summed E-state index contributed by atoms with van der Waals surface area (Å²) < 4.78 is 0. The second kappa shape index (κ2) is 4.93. The SMILES string of the molecule is C[C@](O)(C(=O)O)c1ccc2c(=O)c3ccccc3ccc2c1. The van der Waals surface area contributed by atoms with E-state index in [-0.39, 0.29) is 11.0 Å². The number of benzene rings is 2. The number of carboxylic acid groups (broad SMARTS) is 1. The molecule has 0 fully saturated rings. The molecule has 4 nitrogen and oxygen atoms in total. The average Bonchev–Trinajstić information content (AvgIpc) is 2.65. The van der Waals surface area contributed by atoms with Gasteiger partial charge in [-0.2, -0.15) is 0 Å². The number of carboxylic acids is 1. The number of fused-ring (bicyclic) bond motifs is 2. The maximum atomic E-state index is 12.6. The zero-order chi connectivity index (χ0) is 15.9. The minimum Gasteiger partial charge on any atom is -0.479 e. The Morgan fingerprint density at radius 3 is 2.32 bits per heavy atom. The first-order valence-electron chi connectivity index (χ1n) is 6.83. The molecule has 0 saturated heterocycles. The lowest BCUT2D eigenvalue weighted by Crippen LogP contribution is -2.31. The van der Waals surface area contributed by atoms with E-state index in [0.29, 0.717) is 16.2 Å². The van der Waals surface area contributed by atoms with E-state index in [9.17, 15) is 14.7 Å². The topological polar surface area (TPSA) is 74.6 Å². The number of rotatable bonds is 2. The van der Waals surface area contributed by atoms with Gasteiger partial charge in [0.05, 0.1) is 0 Å². The van der Waals surface area contributed by atoms with Crippen LogP contribution in [0, 0.1) is 0 Å². The van der Waals surface area contributed by atoms with E-state index in [0.717, 1.165) is 5.39 Å². The van der Waals surface area contributed by atoms with Gasteiger partial charge in [-0.3, -0.25) is 4.79 Å². The number of aliphatic carboxylic acids is 1. The zero-order valence-electron chi connectivity index (χ0n) is 11.9. The van der Waals surface area contributed by atoms with Crippen LogP contribution < -0.4 is 5.43 Å². The third kappa shape index (κ3) is 2.14. The molecule has 0 spiro atoms. The van der Waals surface area contributed by atoms with Gasteiger partial charge in [0.2, 0.25) is 0 Å². The van der Waals surface area contributed by atoms with Gasteiger partial charge in [0.15, 0.2) is 11.0 Å². The van der Waals surface area contributed by atoms with E-state index >= 15 is 0 Å². The summed E-state index contributed by atoms with van der Waals surface area (Å²) in [6, 6.07) is 15.4. The van der Waals surface area contributed by atoms with Crippen molar-refractivity contribution >= 4 is 27.5 Å². The fourth-order valence-corrected chi connectivity index (χ4v) is 2.51. The quantitative estimate of drug-likeness (QED) is 0.762. The molecular weight excluding hydrogens is 280 g/mol. The molecule has 0 amide bonds. The fraction of sp³-hybridized carbons (Fsp3) is 0.111. The Morgan fingerprint density at radius 1 is 0.955 bits per heavy atom. The Bertz CT molecular complexity index is 958. The summed E-state index contributed by atoms with van der Waals surface area (Å²) in [5.41, 5.74) is -1.87. The van der Waals surface area contributed by atoms with Crippen LogP contribution in [0.2, 0.25) is 0 Å². The van der Waals surface area contributed by atoms with E-state index in [2.05, 4.69) is 0 Å². The van der Waals surface area contributed by atoms with Crippen LogP contribution in [0.3, 0.4) is 0 Å². The molecule has 1 atom stereocenters. The van der Waals surface area contributed by atoms with Crippen molar-refractivity contribution in [3.05, 3.63) is 70.4 Å². The maximum Gasteiger partial charge on any atom is 0.340 e. The van der Waals surface area contributed by atoms with E-state index in [1.807, 2.05) is 18.2 Å². The maximum absolute atomic E-state index is 12.6. The lowest BCUT2D eigenvalue weighted by molar-refractivity contribution is -0.157. The van der Waals surface area contributed by atoms with Crippen molar-refractivity contribution in [1.29, 1.82) is 0 Å². The Hall–Kier alpha value is -2.72. The first-order chi connectivity index (χ1) is 10.4. The molecule has 110 valence electrons. The molecular formula is C18H14O4. The molecule has 0 aliphatic carbocycles. The second-order valence-electron chi connectivity index (χ2n) is 5.43. The molecule has 2 N–H and O–H groups in total. The van der Waals surface area contributed by atoms with E-state index < -0.39 is 11.6 Å². The fourth-order valence-electron chi connectivity index (χ4n) is 2.51. The molecule has 0 bridgehead atoms. The first-order valence-corrected chi connectivity index (χ1v) is 6.83. The van der Waals surface area contributed by atoms with Crippen molar-refractivity contribution in [1.82, 2.24) is 0 Å². The smallest absolute Gasteiger partial charge is 0.340 e. The van der Waals surface area contributed by atoms with E-state index in [1.165, 1.54) is 13.0 Å². The molecule has 0 aliphatic rings. The van der Waals surface area contributed by atoms with Gasteiger partial charge in [-0.15, -0.1) is 0 Å². The predicted molar refractivity (Wildman–Crippen MR) is 84.9 cm³/mol. The number of hydrogen-bond acceptors (Lipinski definition) is 3. The summed E-state index contributed by atoms with van der Waals surface area (Å²) >= 11 is 0. The van der Waals surface area contributed by atoms with Gasteiger partial charge in [-0.25, -0.2) is 4.79 Å². The van der Waals surface area contributed by atoms with Crippen LogP contribution in [0.15, 0.2) is 59.4 Å². The van der Waals surface area contributed by atoms with Gasteiger partial charge < -0.3 is 10.2 Å². The largest absolute Gasteiger partial charge is 0.479 e. The average molecular weight is 294 g/mol. The van der Waals surface area contributed by atoms with Crippen LogP contribution in [-0.4, -0.2) is 16.2 Å². The summed E-state index contributed by atoms with van der Waals surface area (Å²) in [6.45, 7) is 1.22. The summed E-state index contributed by atoms with van der Waals surface area (Å²) in [5, 5.41) is 21.7. The minimum atomic E-state index is -1.99. The van der Waals surface area contributed by atoms with Gasteiger partial charge in [0.25, 0.3) is 0 Å². The summed E-state index contributed by atoms with van der Waals surface area (Å²) in [5.74, 6) is -1.33. The van der Waals surface area contributed by atoms with Crippen molar-refractivity contribution in [2.45, 2.75) is 12.5 Å². The zero-order valence-corrected chi connectivity index (χ0v) is 11.9. The van der Waals surface area contributed by atoms with Crippen molar-refractivity contribution in [3.8, 4) is 0 Å².